The molecule has 2 rings (SSSR count). The van der Waals surface area contributed by atoms with E-state index in [2.05, 4.69) is 15.6 Å². The second-order valence-electron chi connectivity index (χ2n) is 7.28. The van der Waals surface area contributed by atoms with Gasteiger partial charge in [0.1, 0.15) is 22.8 Å². The largest absolute Gasteiger partial charge is 0.497 e. The van der Waals surface area contributed by atoms with E-state index < -0.39 is 0 Å². The summed E-state index contributed by atoms with van der Waals surface area (Å²) < 4.78 is 16.7. The number of hydrogen-bond acceptors (Lipinski definition) is 4. The first-order valence-electron chi connectivity index (χ1n) is 9.28. The molecule has 0 unspecified atom stereocenters. The van der Waals surface area contributed by atoms with Crippen LogP contribution in [0.5, 0.6) is 17.2 Å². The third-order valence-electron chi connectivity index (χ3n) is 4.00. The summed E-state index contributed by atoms with van der Waals surface area (Å²) in [5.41, 5.74) is 1.84. The fourth-order valence-corrected chi connectivity index (χ4v) is 2.66. The molecule has 0 radical (unpaired) electrons. The first-order valence-corrected chi connectivity index (χ1v) is 9.28. The van der Waals surface area contributed by atoms with E-state index in [-0.39, 0.29) is 29.6 Å². The Morgan fingerprint density at radius 1 is 0.897 bits per heavy atom. The van der Waals surface area contributed by atoms with Crippen LogP contribution in [0.2, 0.25) is 0 Å². The molecule has 29 heavy (non-hydrogen) atoms. The smallest absolute Gasteiger partial charge is 0.191 e. The van der Waals surface area contributed by atoms with Gasteiger partial charge in [0.2, 0.25) is 0 Å². The highest BCUT2D eigenvalue weighted by Gasteiger charge is 2.14. The van der Waals surface area contributed by atoms with Crippen molar-refractivity contribution in [2.75, 3.05) is 21.3 Å². The molecule has 0 saturated carbocycles. The van der Waals surface area contributed by atoms with Gasteiger partial charge in [-0.3, -0.25) is 4.99 Å². The summed E-state index contributed by atoms with van der Waals surface area (Å²) in [6, 6.07) is 13.8. The molecule has 0 aliphatic heterocycles. The van der Waals surface area contributed by atoms with Crippen molar-refractivity contribution in [2.45, 2.75) is 39.5 Å². The first-order chi connectivity index (χ1) is 13.4. The molecule has 2 aromatic carbocycles. The molecule has 0 spiro atoms. The SMILES string of the molecule is CN=C(NCc1ccc(OC)cc1OC)NCc1ccccc1OC(C)(C)C.I. The molecule has 0 amide bonds. The summed E-state index contributed by atoms with van der Waals surface area (Å²) >= 11 is 0. The molecular formula is C22H32IN3O3. The average molecular weight is 513 g/mol. The number of halogens is 1. The Morgan fingerprint density at radius 3 is 2.07 bits per heavy atom. The summed E-state index contributed by atoms with van der Waals surface area (Å²) in [6.45, 7) is 7.30. The second-order valence-corrected chi connectivity index (χ2v) is 7.28. The fourth-order valence-electron chi connectivity index (χ4n) is 2.66. The van der Waals surface area contributed by atoms with Gasteiger partial charge in [0.25, 0.3) is 0 Å². The number of aliphatic imine (C=N–C) groups is 1. The Kier molecular flexibility index (Phi) is 10.1. The highest BCUT2D eigenvalue weighted by Crippen LogP contribution is 2.25. The molecule has 0 aliphatic carbocycles. The van der Waals surface area contributed by atoms with Crippen molar-refractivity contribution in [1.29, 1.82) is 0 Å². The van der Waals surface area contributed by atoms with E-state index in [0.29, 0.717) is 19.0 Å². The third kappa shape index (κ3) is 8.00. The topological polar surface area (TPSA) is 64.1 Å². The molecule has 0 aliphatic rings. The number of methoxy groups -OCH3 is 2. The van der Waals surface area contributed by atoms with Crippen LogP contribution in [0.15, 0.2) is 47.5 Å². The Labute approximate surface area is 191 Å². The molecule has 2 N–H and O–H groups in total. The van der Waals surface area contributed by atoms with Gasteiger partial charge in [0, 0.05) is 37.3 Å². The lowest BCUT2D eigenvalue weighted by molar-refractivity contribution is 0.129. The molecule has 0 fully saturated rings. The Bertz CT molecular complexity index is 804. The summed E-state index contributed by atoms with van der Waals surface area (Å²) in [4.78, 5) is 4.30. The van der Waals surface area contributed by atoms with E-state index in [4.69, 9.17) is 14.2 Å². The number of nitrogens with one attached hydrogen (secondary N) is 2. The van der Waals surface area contributed by atoms with Gasteiger partial charge in [-0.2, -0.15) is 0 Å². The van der Waals surface area contributed by atoms with Crippen molar-refractivity contribution in [3.05, 3.63) is 53.6 Å². The number of benzene rings is 2. The molecule has 0 atom stereocenters. The Balaban J connectivity index is 0.00000420. The lowest BCUT2D eigenvalue weighted by Gasteiger charge is -2.23. The molecule has 0 heterocycles. The second kappa shape index (κ2) is 11.7. The molecule has 0 bridgehead atoms. The van der Waals surface area contributed by atoms with E-state index in [9.17, 15) is 0 Å². The van der Waals surface area contributed by atoms with Gasteiger partial charge in [-0.1, -0.05) is 18.2 Å². The van der Waals surface area contributed by atoms with Crippen molar-refractivity contribution in [2.24, 2.45) is 4.99 Å². The number of para-hydroxylation sites is 1. The minimum atomic E-state index is -0.249. The highest BCUT2D eigenvalue weighted by molar-refractivity contribution is 14.0. The van der Waals surface area contributed by atoms with Gasteiger partial charge in [-0.15, -0.1) is 24.0 Å². The summed E-state index contributed by atoms with van der Waals surface area (Å²) in [7, 11) is 5.04. The van der Waals surface area contributed by atoms with Gasteiger partial charge in [-0.25, -0.2) is 0 Å². The van der Waals surface area contributed by atoms with E-state index in [1.54, 1.807) is 21.3 Å². The predicted molar refractivity (Wildman–Crippen MR) is 129 cm³/mol. The highest BCUT2D eigenvalue weighted by atomic mass is 127. The van der Waals surface area contributed by atoms with Gasteiger partial charge in [0.15, 0.2) is 5.96 Å². The lowest BCUT2D eigenvalue weighted by atomic mass is 10.1. The first kappa shape index (κ1) is 24.9. The monoisotopic (exact) mass is 513 g/mol. The summed E-state index contributed by atoms with van der Waals surface area (Å²) in [6.07, 6.45) is 0. The van der Waals surface area contributed by atoms with Crippen LogP contribution < -0.4 is 24.8 Å². The molecule has 160 valence electrons. The maximum Gasteiger partial charge on any atom is 0.191 e. The fraction of sp³-hybridized carbons (Fsp3) is 0.409. The molecular weight excluding hydrogens is 481 g/mol. The van der Waals surface area contributed by atoms with Crippen LogP contribution in [0.3, 0.4) is 0 Å². The quantitative estimate of drug-likeness (QED) is 0.327. The third-order valence-corrected chi connectivity index (χ3v) is 4.00. The Hall–Kier alpha value is -2.16. The normalized spacial score (nSPS) is 11.3. The van der Waals surface area contributed by atoms with Crippen LogP contribution in [-0.2, 0) is 13.1 Å². The Morgan fingerprint density at radius 2 is 1.52 bits per heavy atom. The van der Waals surface area contributed by atoms with Crippen LogP contribution in [0.1, 0.15) is 31.9 Å². The molecule has 2 aromatic rings. The maximum absolute atomic E-state index is 6.05. The number of hydrogen-bond donors (Lipinski definition) is 2. The van der Waals surface area contributed by atoms with Crippen LogP contribution >= 0.6 is 24.0 Å². The zero-order valence-corrected chi connectivity index (χ0v) is 20.4. The van der Waals surface area contributed by atoms with Gasteiger partial charge in [-0.05, 0) is 39.0 Å². The minimum absolute atomic E-state index is 0. The minimum Gasteiger partial charge on any atom is -0.497 e. The van der Waals surface area contributed by atoms with Crippen LogP contribution in [0.25, 0.3) is 0 Å². The van der Waals surface area contributed by atoms with E-state index in [1.165, 1.54) is 0 Å². The number of nitrogens with zero attached hydrogens (tertiary/aromatic N) is 1. The predicted octanol–water partition coefficient (Wildman–Crippen LogP) is 4.36. The van der Waals surface area contributed by atoms with Gasteiger partial charge < -0.3 is 24.8 Å². The van der Waals surface area contributed by atoms with E-state index in [0.717, 1.165) is 28.4 Å². The van der Waals surface area contributed by atoms with E-state index in [1.807, 2.05) is 63.2 Å². The summed E-state index contributed by atoms with van der Waals surface area (Å²) in [5, 5.41) is 6.65. The van der Waals surface area contributed by atoms with Crippen LogP contribution in [0.4, 0.5) is 0 Å². The zero-order chi connectivity index (χ0) is 20.6. The van der Waals surface area contributed by atoms with Gasteiger partial charge in [0.05, 0.1) is 14.2 Å². The van der Waals surface area contributed by atoms with Crippen molar-refractivity contribution in [3.63, 3.8) is 0 Å². The van der Waals surface area contributed by atoms with Crippen molar-refractivity contribution in [3.8, 4) is 17.2 Å². The van der Waals surface area contributed by atoms with Gasteiger partial charge >= 0.3 is 0 Å². The number of guanidine groups is 1. The number of ether oxygens (including phenoxy) is 3. The van der Waals surface area contributed by atoms with E-state index >= 15 is 0 Å². The molecule has 0 aromatic heterocycles. The average Bonchev–Trinajstić information content (AvgIpc) is 2.68. The molecule has 7 heteroatoms. The number of rotatable bonds is 7. The van der Waals surface area contributed by atoms with Crippen LogP contribution in [0, 0.1) is 0 Å². The maximum atomic E-state index is 6.05. The van der Waals surface area contributed by atoms with Crippen molar-refractivity contribution in [1.82, 2.24) is 10.6 Å². The molecule has 0 saturated heterocycles. The van der Waals surface area contributed by atoms with Crippen molar-refractivity contribution >= 4 is 29.9 Å². The standard InChI is InChI=1S/C22H31N3O3.HI/c1-22(2,3)28-19-10-8-7-9-16(19)14-24-21(23-4)25-15-17-11-12-18(26-5)13-20(17)27-6;/h7-13H,14-15H2,1-6H3,(H2,23,24,25);1H. The summed E-state index contributed by atoms with van der Waals surface area (Å²) in [5.74, 6) is 3.10. The van der Waals surface area contributed by atoms with Crippen molar-refractivity contribution < 1.29 is 14.2 Å². The van der Waals surface area contributed by atoms with Crippen LogP contribution in [-0.4, -0.2) is 32.8 Å². The zero-order valence-electron chi connectivity index (χ0n) is 18.0. The lowest BCUT2D eigenvalue weighted by Crippen LogP contribution is -2.36. The molecule has 6 nitrogen and oxygen atoms in total.